The minimum absolute atomic E-state index is 0.602. The topological polar surface area (TPSA) is 98.9 Å². The molecule has 0 unspecified atom stereocenters. The van der Waals surface area contributed by atoms with Crippen molar-refractivity contribution in [3.8, 4) is 28.4 Å². The van der Waals surface area contributed by atoms with Crippen LogP contribution in [0.15, 0.2) is 49.2 Å². The molecule has 0 amide bonds. The number of hydrogen-bond acceptors (Lipinski definition) is 7. The van der Waals surface area contributed by atoms with E-state index in [4.69, 9.17) is 4.74 Å². The molecule has 6 heterocycles. The van der Waals surface area contributed by atoms with Crippen LogP contribution < -0.4 is 9.64 Å². The Hall–Kier alpha value is -3.98. The quantitative estimate of drug-likeness (QED) is 0.353. The van der Waals surface area contributed by atoms with Gasteiger partial charge in [-0.3, -0.25) is 20.1 Å². The highest BCUT2D eigenvalue weighted by Gasteiger charge is 2.18. The van der Waals surface area contributed by atoms with Crippen molar-refractivity contribution < 1.29 is 4.74 Å². The number of nitrogens with zero attached hydrogens (tertiary/aromatic N) is 6. The van der Waals surface area contributed by atoms with Crippen LogP contribution in [0.25, 0.3) is 44.5 Å². The van der Waals surface area contributed by atoms with Crippen LogP contribution >= 0.6 is 0 Å². The van der Waals surface area contributed by atoms with E-state index in [1.54, 1.807) is 6.20 Å². The molecule has 6 rings (SSSR count). The fourth-order valence-electron chi connectivity index (χ4n) is 4.81. The lowest BCUT2D eigenvalue weighted by molar-refractivity contribution is 0.261. The number of H-pyrrole nitrogens is 2. The van der Waals surface area contributed by atoms with Gasteiger partial charge in [-0.1, -0.05) is 0 Å². The van der Waals surface area contributed by atoms with E-state index in [1.165, 1.54) is 30.3 Å². The molecule has 0 spiro atoms. The van der Waals surface area contributed by atoms with Crippen LogP contribution in [-0.4, -0.2) is 75.4 Å². The highest BCUT2D eigenvalue weighted by Crippen LogP contribution is 2.34. The Morgan fingerprint density at radius 1 is 0.917 bits per heavy atom. The van der Waals surface area contributed by atoms with Gasteiger partial charge < -0.3 is 19.5 Å². The summed E-state index contributed by atoms with van der Waals surface area (Å²) < 4.78 is 5.87. The molecule has 5 aromatic heterocycles. The maximum absolute atomic E-state index is 5.87. The average Bonchev–Trinajstić information content (AvgIpc) is 3.53. The van der Waals surface area contributed by atoms with E-state index in [-0.39, 0.29) is 0 Å². The van der Waals surface area contributed by atoms with Crippen LogP contribution in [0.3, 0.4) is 0 Å². The number of pyridine rings is 3. The fourth-order valence-corrected chi connectivity index (χ4v) is 4.81. The zero-order valence-electron chi connectivity index (χ0n) is 20.7. The maximum atomic E-state index is 5.87. The molecule has 0 radical (unpaired) electrons. The van der Waals surface area contributed by atoms with Gasteiger partial charge in [-0.05, 0) is 51.6 Å². The molecule has 9 heteroatoms. The van der Waals surface area contributed by atoms with E-state index < -0.39 is 0 Å². The number of anilines is 1. The van der Waals surface area contributed by atoms with Crippen molar-refractivity contribution in [1.29, 1.82) is 0 Å². The molecule has 0 aliphatic carbocycles. The normalized spacial score (nSPS) is 14.2. The summed E-state index contributed by atoms with van der Waals surface area (Å²) in [6.45, 7) is 3.60. The number of piperidine rings is 1. The molecule has 9 nitrogen and oxygen atoms in total. The van der Waals surface area contributed by atoms with Crippen molar-refractivity contribution in [1.82, 2.24) is 35.0 Å². The Bertz CT molecular complexity index is 1500. The molecule has 0 saturated carbocycles. The Morgan fingerprint density at radius 2 is 1.78 bits per heavy atom. The van der Waals surface area contributed by atoms with E-state index in [0.29, 0.717) is 6.61 Å². The first-order chi connectivity index (χ1) is 17.7. The minimum atomic E-state index is 0.602. The van der Waals surface area contributed by atoms with E-state index in [0.717, 1.165) is 64.4 Å². The number of rotatable bonds is 7. The van der Waals surface area contributed by atoms with Gasteiger partial charge in [0.1, 0.15) is 18.1 Å². The average molecular weight is 483 g/mol. The second-order valence-corrected chi connectivity index (χ2v) is 9.60. The molecule has 36 heavy (non-hydrogen) atoms. The lowest BCUT2D eigenvalue weighted by Crippen LogP contribution is -2.29. The summed E-state index contributed by atoms with van der Waals surface area (Å²) in [7, 11) is 4.05. The Balaban J connectivity index is 1.34. The predicted molar refractivity (Wildman–Crippen MR) is 142 cm³/mol. The number of nitrogens with one attached hydrogen (secondary N) is 2. The summed E-state index contributed by atoms with van der Waals surface area (Å²) in [4.78, 5) is 21.6. The summed E-state index contributed by atoms with van der Waals surface area (Å²) in [6.07, 6.45) is 13.0. The zero-order valence-corrected chi connectivity index (χ0v) is 20.7. The van der Waals surface area contributed by atoms with Gasteiger partial charge in [0.25, 0.3) is 0 Å². The SMILES string of the molecule is CN(C)CCOc1cncc(-c2cc3c(-c4cc5c(N6CCCCC6)cncc5[nH]4)n[nH]c3cn2)c1. The van der Waals surface area contributed by atoms with Gasteiger partial charge in [0.2, 0.25) is 0 Å². The summed E-state index contributed by atoms with van der Waals surface area (Å²) in [5.74, 6) is 0.733. The van der Waals surface area contributed by atoms with Gasteiger partial charge >= 0.3 is 0 Å². The highest BCUT2D eigenvalue weighted by molar-refractivity contribution is 6.00. The summed E-state index contributed by atoms with van der Waals surface area (Å²) in [5, 5.41) is 9.95. The summed E-state index contributed by atoms with van der Waals surface area (Å²) in [6, 6.07) is 6.23. The van der Waals surface area contributed by atoms with E-state index in [2.05, 4.69) is 52.1 Å². The molecule has 1 aliphatic heterocycles. The third-order valence-electron chi connectivity index (χ3n) is 6.74. The van der Waals surface area contributed by atoms with Gasteiger partial charge in [0, 0.05) is 42.2 Å². The molecular formula is C27H30N8O. The second-order valence-electron chi connectivity index (χ2n) is 9.60. The maximum Gasteiger partial charge on any atom is 0.138 e. The van der Waals surface area contributed by atoms with Gasteiger partial charge in [-0.15, -0.1) is 0 Å². The standard InChI is InChI=1S/C27H30N8O/c1-34(2)8-9-36-19-10-18(13-28-14-19)22-12-21-25(16-30-22)32-33-27(21)23-11-20-24(31-23)15-29-17-26(20)35-6-4-3-5-7-35/h10-17,31H,3-9H2,1-2H3,(H,32,33). The van der Waals surface area contributed by atoms with E-state index >= 15 is 0 Å². The second kappa shape index (κ2) is 9.58. The first-order valence-corrected chi connectivity index (χ1v) is 12.4. The molecule has 1 saturated heterocycles. The van der Waals surface area contributed by atoms with Gasteiger partial charge in [0.05, 0.1) is 52.9 Å². The molecule has 1 aliphatic rings. The molecule has 0 atom stereocenters. The lowest BCUT2D eigenvalue weighted by atomic mass is 10.1. The van der Waals surface area contributed by atoms with Crippen LogP contribution in [0, 0.1) is 0 Å². The summed E-state index contributed by atoms with van der Waals surface area (Å²) in [5.41, 5.74) is 6.63. The smallest absolute Gasteiger partial charge is 0.138 e. The monoisotopic (exact) mass is 482 g/mol. The predicted octanol–water partition coefficient (Wildman–Crippen LogP) is 4.49. The van der Waals surface area contributed by atoms with Crippen LogP contribution in [0.1, 0.15) is 19.3 Å². The van der Waals surface area contributed by atoms with Crippen molar-refractivity contribution in [3.05, 3.63) is 49.2 Å². The fraction of sp³-hybridized carbons (Fsp3) is 0.333. The molecule has 0 bridgehead atoms. The van der Waals surface area contributed by atoms with Crippen LogP contribution in [0.5, 0.6) is 5.75 Å². The van der Waals surface area contributed by atoms with Crippen molar-refractivity contribution in [3.63, 3.8) is 0 Å². The number of fused-ring (bicyclic) bond motifs is 2. The van der Waals surface area contributed by atoms with Crippen LogP contribution in [-0.2, 0) is 0 Å². The number of aromatic nitrogens is 6. The van der Waals surface area contributed by atoms with Gasteiger partial charge in [0.15, 0.2) is 0 Å². The number of aromatic amines is 2. The van der Waals surface area contributed by atoms with Crippen molar-refractivity contribution in [2.24, 2.45) is 0 Å². The van der Waals surface area contributed by atoms with Crippen molar-refractivity contribution in [2.45, 2.75) is 19.3 Å². The molecule has 2 N–H and O–H groups in total. The van der Waals surface area contributed by atoms with E-state index in [9.17, 15) is 0 Å². The molecule has 5 aromatic rings. The van der Waals surface area contributed by atoms with Gasteiger partial charge in [-0.25, -0.2) is 0 Å². The molecule has 0 aromatic carbocycles. The largest absolute Gasteiger partial charge is 0.491 e. The number of likely N-dealkylation sites (N-methyl/N-ethyl adjacent to an activating group) is 1. The van der Waals surface area contributed by atoms with Crippen LogP contribution in [0.4, 0.5) is 5.69 Å². The zero-order chi connectivity index (χ0) is 24.5. The van der Waals surface area contributed by atoms with Gasteiger partial charge in [-0.2, -0.15) is 5.10 Å². The number of ether oxygens (including phenoxy) is 1. The Kier molecular flexibility index (Phi) is 5.98. The first kappa shape index (κ1) is 22.5. The highest BCUT2D eigenvalue weighted by atomic mass is 16.5. The minimum Gasteiger partial charge on any atom is -0.491 e. The van der Waals surface area contributed by atoms with Crippen molar-refractivity contribution in [2.75, 3.05) is 45.2 Å². The third kappa shape index (κ3) is 4.37. The third-order valence-corrected chi connectivity index (χ3v) is 6.74. The lowest BCUT2D eigenvalue weighted by Gasteiger charge is -2.28. The van der Waals surface area contributed by atoms with E-state index in [1.807, 2.05) is 44.9 Å². The Labute approximate surface area is 209 Å². The van der Waals surface area contributed by atoms with Crippen molar-refractivity contribution >= 4 is 27.5 Å². The summed E-state index contributed by atoms with van der Waals surface area (Å²) >= 11 is 0. The molecule has 1 fully saturated rings. The molecular weight excluding hydrogens is 452 g/mol. The molecule has 184 valence electrons. The Morgan fingerprint density at radius 3 is 2.64 bits per heavy atom. The first-order valence-electron chi connectivity index (χ1n) is 12.4. The number of hydrogen-bond donors (Lipinski definition) is 2. The van der Waals surface area contributed by atoms with Crippen LogP contribution in [0.2, 0.25) is 0 Å².